The maximum absolute atomic E-state index is 9.58. The zero-order valence-electron chi connectivity index (χ0n) is 4.70. The van der Waals surface area contributed by atoms with Crippen LogP contribution in [0.3, 0.4) is 0 Å². The molecule has 0 aliphatic carbocycles. The van der Waals surface area contributed by atoms with Gasteiger partial charge in [0, 0.05) is 0 Å². The number of carbonyl (C=O) groups excluding carboxylic acids is 1. The first-order chi connectivity index (χ1) is 3.42. The van der Waals surface area contributed by atoms with Crippen LogP contribution < -0.4 is 34.7 Å². The van der Waals surface area contributed by atoms with Gasteiger partial charge in [-0.15, -0.1) is 0 Å². The average molecular weight is 162 g/mol. The fourth-order valence-electron chi connectivity index (χ4n) is 0.149. The summed E-state index contributed by atoms with van der Waals surface area (Å²) < 4.78 is 26.9. The smallest absolute Gasteiger partial charge is 0.549 e. The minimum atomic E-state index is -4.39. The van der Waals surface area contributed by atoms with Crippen LogP contribution in [-0.2, 0) is 14.9 Å². The van der Waals surface area contributed by atoms with E-state index in [9.17, 15) is 18.3 Å². The van der Waals surface area contributed by atoms with Crippen LogP contribution in [0.1, 0.15) is 0 Å². The summed E-state index contributed by atoms with van der Waals surface area (Å²) in [4.78, 5) is 9.36. The van der Waals surface area contributed by atoms with Gasteiger partial charge in [-0.05, 0) is 0 Å². The Bertz CT molecular complexity index is 181. The van der Waals surface area contributed by atoms with Crippen molar-refractivity contribution in [3.05, 3.63) is 0 Å². The number of rotatable bonds is 2. The SMILES string of the molecule is O=C([O-])CS(=O)(=O)O.[Na+]. The molecule has 5 nitrogen and oxygen atoms in total. The molecule has 1 N–H and O–H groups in total. The van der Waals surface area contributed by atoms with Crippen molar-refractivity contribution >= 4 is 16.1 Å². The maximum atomic E-state index is 9.58. The fraction of sp³-hybridized carbons (Fsp3) is 0.500. The summed E-state index contributed by atoms with van der Waals surface area (Å²) >= 11 is 0. The molecule has 0 aliphatic rings. The van der Waals surface area contributed by atoms with Gasteiger partial charge in [0.15, 0.2) is 0 Å². The zero-order chi connectivity index (χ0) is 6.78. The molecule has 0 aliphatic heterocycles. The molecular formula is C2H3NaO5S. The minimum absolute atomic E-state index is 0. The first-order valence-electron chi connectivity index (χ1n) is 1.57. The van der Waals surface area contributed by atoms with Gasteiger partial charge in [-0.1, -0.05) is 0 Å². The third kappa shape index (κ3) is 11.8. The molecule has 0 unspecified atom stereocenters. The topological polar surface area (TPSA) is 94.5 Å². The molecule has 48 valence electrons. The first kappa shape index (κ1) is 12.1. The monoisotopic (exact) mass is 162 g/mol. The Labute approximate surface area is 74.1 Å². The fourth-order valence-corrected chi connectivity index (χ4v) is 0.447. The normalized spacial score (nSPS) is 9.89. The maximum Gasteiger partial charge on any atom is 1.00 e. The molecule has 0 aromatic carbocycles. The quantitative estimate of drug-likeness (QED) is 0.323. The van der Waals surface area contributed by atoms with E-state index in [1.54, 1.807) is 0 Å². The molecular weight excluding hydrogens is 159 g/mol. The standard InChI is InChI=1S/C2H4O5S.Na/c3-2(4)1-8(5,6)7;/h1H2,(H,3,4)(H,5,6,7);/q;+1/p-1. The molecule has 0 aromatic rings. The van der Waals surface area contributed by atoms with E-state index in [1.165, 1.54) is 0 Å². The van der Waals surface area contributed by atoms with Crippen molar-refractivity contribution in [3.8, 4) is 0 Å². The summed E-state index contributed by atoms with van der Waals surface area (Å²) in [5.41, 5.74) is 0. The van der Waals surface area contributed by atoms with E-state index in [2.05, 4.69) is 0 Å². The number of hydrogen-bond donors (Lipinski definition) is 1. The summed E-state index contributed by atoms with van der Waals surface area (Å²) in [6.45, 7) is 0. The van der Waals surface area contributed by atoms with Gasteiger partial charge in [-0.25, -0.2) is 0 Å². The molecule has 0 bridgehead atoms. The minimum Gasteiger partial charge on any atom is -0.549 e. The summed E-state index contributed by atoms with van der Waals surface area (Å²) in [5.74, 6) is -3.15. The van der Waals surface area contributed by atoms with Gasteiger partial charge < -0.3 is 9.90 Å². The van der Waals surface area contributed by atoms with Crippen LogP contribution in [0.15, 0.2) is 0 Å². The van der Waals surface area contributed by atoms with Crippen molar-refractivity contribution in [2.24, 2.45) is 0 Å². The van der Waals surface area contributed by atoms with Gasteiger partial charge in [0.2, 0.25) is 0 Å². The number of carboxylic acid groups (broad SMARTS) is 1. The summed E-state index contributed by atoms with van der Waals surface area (Å²) in [6, 6.07) is 0. The third-order valence-electron chi connectivity index (χ3n) is 0.300. The first-order valence-corrected chi connectivity index (χ1v) is 3.18. The number of carbonyl (C=O) groups is 1. The van der Waals surface area contributed by atoms with E-state index < -0.39 is 21.8 Å². The van der Waals surface area contributed by atoms with Crippen molar-refractivity contribution in [3.63, 3.8) is 0 Å². The molecule has 0 heterocycles. The Morgan fingerprint density at radius 3 is 1.89 bits per heavy atom. The largest absolute Gasteiger partial charge is 1.00 e. The Kier molecular flexibility index (Phi) is 5.69. The number of hydrogen-bond acceptors (Lipinski definition) is 4. The van der Waals surface area contributed by atoms with Crippen molar-refractivity contribution in [2.75, 3.05) is 5.75 Å². The summed E-state index contributed by atoms with van der Waals surface area (Å²) in [5, 5.41) is 9.36. The number of aliphatic carboxylic acids is 1. The van der Waals surface area contributed by atoms with E-state index in [4.69, 9.17) is 4.55 Å². The van der Waals surface area contributed by atoms with Gasteiger partial charge in [-0.2, -0.15) is 8.42 Å². The molecule has 0 amide bonds. The second-order valence-electron chi connectivity index (χ2n) is 1.10. The predicted octanol–water partition coefficient (Wildman–Crippen LogP) is -5.37. The molecule has 0 saturated heterocycles. The molecule has 7 heteroatoms. The summed E-state index contributed by atoms with van der Waals surface area (Å²) in [7, 11) is -4.39. The molecule has 0 spiro atoms. The molecule has 0 atom stereocenters. The molecule has 0 rings (SSSR count). The summed E-state index contributed by atoms with van der Waals surface area (Å²) in [6.07, 6.45) is 0. The zero-order valence-corrected chi connectivity index (χ0v) is 7.51. The van der Waals surface area contributed by atoms with Gasteiger partial charge in [-0.3, -0.25) is 4.55 Å². The van der Waals surface area contributed by atoms with Crippen LogP contribution in [0.4, 0.5) is 0 Å². The van der Waals surface area contributed by atoms with Crippen LogP contribution in [0.25, 0.3) is 0 Å². The Morgan fingerprint density at radius 2 is 1.89 bits per heavy atom. The number of carboxylic acids is 1. The van der Waals surface area contributed by atoms with E-state index >= 15 is 0 Å². The third-order valence-corrected chi connectivity index (χ3v) is 0.901. The van der Waals surface area contributed by atoms with Crippen molar-refractivity contribution in [2.45, 2.75) is 0 Å². The van der Waals surface area contributed by atoms with Crippen molar-refractivity contribution in [1.29, 1.82) is 0 Å². The van der Waals surface area contributed by atoms with Crippen molar-refractivity contribution in [1.82, 2.24) is 0 Å². The van der Waals surface area contributed by atoms with Crippen LogP contribution in [0, 0.1) is 0 Å². The van der Waals surface area contributed by atoms with Crippen LogP contribution >= 0.6 is 0 Å². The second-order valence-corrected chi connectivity index (χ2v) is 2.55. The molecule has 0 radical (unpaired) electrons. The Hall–Kier alpha value is 0.380. The van der Waals surface area contributed by atoms with E-state index in [0.29, 0.717) is 0 Å². The second kappa shape index (κ2) is 4.24. The average Bonchev–Trinajstić information content (AvgIpc) is 1.21. The van der Waals surface area contributed by atoms with Gasteiger partial charge in [0.25, 0.3) is 10.1 Å². The van der Waals surface area contributed by atoms with Crippen LogP contribution in [0.2, 0.25) is 0 Å². The predicted molar refractivity (Wildman–Crippen MR) is 21.4 cm³/mol. The van der Waals surface area contributed by atoms with Gasteiger partial charge in [0.1, 0.15) is 5.75 Å². The Morgan fingerprint density at radius 1 is 1.56 bits per heavy atom. The van der Waals surface area contributed by atoms with Crippen molar-refractivity contribution < 1.29 is 52.4 Å². The molecule has 0 saturated carbocycles. The van der Waals surface area contributed by atoms with E-state index in [-0.39, 0.29) is 29.6 Å². The van der Waals surface area contributed by atoms with Gasteiger partial charge in [0.05, 0.1) is 5.97 Å². The molecule has 0 aromatic heterocycles. The van der Waals surface area contributed by atoms with Crippen LogP contribution in [-0.4, -0.2) is 24.7 Å². The molecule has 9 heavy (non-hydrogen) atoms. The van der Waals surface area contributed by atoms with E-state index in [0.717, 1.165) is 0 Å². The van der Waals surface area contributed by atoms with E-state index in [1.807, 2.05) is 0 Å². The van der Waals surface area contributed by atoms with Crippen LogP contribution in [0.5, 0.6) is 0 Å². The molecule has 0 fully saturated rings. The Balaban J connectivity index is 0. The van der Waals surface area contributed by atoms with Gasteiger partial charge >= 0.3 is 29.6 Å².